The maximum absolute atomic E-state index is 12.6. The lowest BCUT2D eigenvalue weighted by atomic mass is 9.98. The molecule has 0 fully saturated rings. The van der Waals surface area contributed by atoms with Crippen LogP contribution in [0, 0.1) is 6.92 Å². The monoisotopic (exact) mass is 268 g/mol. The Morgan fingerprint density at radius 2 is 2.10 bits per heavy atom. The molecule has 102 valence electrons. The Labute approximate surface area is 118 Å². The fourth-order valence-corrected chi connectivity index (χ4v) is 2.57. The average Bonchev–Trinajstić information content (AvgIpc) is 2.94. The van der Waals surface area contributed by atoms with Gasteiger partial charge < -0.3 is 9.47 Å². The molecule has 2 aromatic carbocycles. The van der Waals surface area contributed by atoms with Crippen molar-refractivity contribution < 1.29 is 14.3 Å². The van der Waals surface area contributed by atoms with Crippen molar-refractivity contribution in [2.75, 3.05) is 13.7 Å². The van der Waals surface area contributed by atoms with Crippen molar-refractivity contribution in [1.82, 2.24) is 0 Å². The van der Waals surface area contributed by atoms with Crippen LogP contribution in [0.4, 0.5) is 0 Å². The van der Waals surface area contributed by atoms with E-state index in [1.54, 1.807) is 13.2 Å². The van der Waals surface area contributed by atoms with Gasteiger partial charge in [0.1, 0.15) is 11.5 Å². The van der Waals surface area contributed by atoms with E-state index >= 15 is 0 Å². The van der Waals surface area contributed by atoms with Crippen LogP contribution in [0.2, 0.25) is 0 Å². The third-order valence-corrected chi connectivity index (χ3v) is 3.62. The van der Waals surface area contributed by atoms with Crippen molar-refractivity contribution in [3.63, 3.8) is 0 Å². The number of rotatable bonds is 3. The summed E-state index contributed by atoms with van der Waals surface area (Å²) in [5.41, 5.74) is 3.37. The summed E-state index contributed by atoms with van der Waals surface area (Å²) in [4.78, 5) is 12.6. The van der Waals surface area contributed by atoms with E-state index < -0.39 is 0 Å². The number of hydrogen-bond acceptors (Lipinski definition) is 3. The molecule has 0 unspecified atom stereocenters. The highest BCUT2D eigenvalue weighted by atomic mass is 16.5. The summed E-state index contributed by atoms with van der Waals surface area (Å²) in [5, 5.41) is 0. The minimum atomic E-state index is -0.00509. The number of hydrogen-bond donors (Lipinski definition) is 0. The van der Waals surface area contributed by atoms with Crippen LogP contribution < -0.4 is 9.47 Å². The molecule has 1 heterocycles. The summed E-state index contributed by atoms with van der Waals surface area (Å²) in [5.74, 6) is 1.52. The normalized spacial score (nSPS) is 12.7. The van der Waals surface area contributed by atoms with Crippen LogP contribution in [0.1, 0.15) is 27.0 Å². The summed E-state index contributed by atoms with van der Waals surface area (Å²) in [6.45, 7) is 2.59. The Balaban J connectivity index is 2.01. The maximum atomic E-state index is 12.6. The van der Waals surface area contributed by atoms with Crippen molar-refractivity contribution in [2.45, 2.75) is 13.3 Å². The minimum Gasteiger partial charge on any atom is -0.496 e. The molecular formula is C17H16O3. The second-order valence-electron chi connectivity index (χ2n) is 4.91. The largest absolute Gasteiger partial charge is 0.496 e. The first-order chi connectivity index (χ1) is 9.70. The third-order valence-electron chi connectivity index (χ3n) is 3.62. The third kappa shape index (κ3) is 2.05. The fraction of sp³-hybridized carbons (Fsp3) is 0.235. The van der Waals surface area contributed by atoms with Crippen LogP contribution in [0.5, 0.6) is 11.5 Å². The zero-order valence-corrected chi connectivity index (χ0v) is 11.6. The van der Waals surface area contributed by atoms with Gasteiger partial charge in [0, 0.05) is 12.0 Å². The predicted octanol–water partition coefficient (Wildman–Crippen LogP) is 3.17. The number of fused-ring (bicyclic) bond motifs is 1. The van der Waals surface area contributed by atoms with Gasteiger partial charge in [-0.15, -0.1) is 0 Å². The Morgan fingerprint density at radius 1 is 1.25 bits per heavy atom. The standard InChI is InChI=1S/C17H16O3/c1-11-10-13(6-7-15(11)19-2)16(18)14-5-3-4-12-8-9-20-17(12)14/h3-7,10H,8-9H2,1-2H3. The molecule has 2 aromatic rings. The lowest BCUT2D eigenvalue weighted by Crippen LogP contribution is -2.04. The van der Waals surface area contributed by atoms with Crippen molar-refractivity contribution in [1.29, 1.82) is 0 Å². The molecule has 0 atom stereocenters. The molecule has 0 saturated heterocycles. The number of carbonyl (C=O) groups is 1. The average molecular weight is 268 g/mol. The van der Waals surface area contributed by atoms with Gasteiger partial charge in [-0.25, -0.2) is 0 Å². The molecule has 0 bridgehead atoms. The molecule has 0 radical (unpaired) electrons. The van der Waals surface area contributed by atoms with Crippen LogP contribution in [0.25, 0.3) is 0 Å². The van der Waals surface area contributed by atoms with Gasteiger partial charge in [-0.2, -0.15) is 0 Å². The van der Waals surface area contributed by atoms with Crippen LogP contribution in [0.3, 0.4) is 0 Å². The van der Waals surface area contributed by atoms with E-state index in [-0.39, 0.29) is 5.78 Å². The summed E-state index contributed by atoms with van der Waals surface area (Å²) >= 11 is 0. The predicted molar refractivity (Wildman–Crippen MR) is 76.8 cm³/mol. The van der Waals surface area contributed by atoms with E-state index in [9.17, 15) is 4.79 Å². The molecule has 0 saturated carbocycles. The molecule has 0 amide bonds. The number of methoxy groups -OCH3 is 1. The first-order valence-corrected chi connectivity index (χ1v) is 6.64. The number of ether oxygens (including phenoxy) is 2. The number of aryl methyl sites for hydroxylation is 1. The molecule has 3 nitrogen and oxygen atoms in total. The maximum Gasteiger partial charge on any atom is 0.196 e. The van der Waals surface area contributed by atoms with E-state index in [2.05, 4.69) is 0 Å². The molecule has 3 heteroatoms. The van der Waals surface area contributed by atoms with Crippen LogP contribution >= 0.6 is 0 Å². The molecule has 1 aliphatic rings. The van der Waals surface area contributed by atoms with Gasteiger partial charge in [-0.05, 0) is 42.3 Å². The molecule has 0 N–H and O–H groups in total. The van der Waals surface area contributed by atoms with Crippen LogP contribution in [-0.4, -0.2) is 19.5 Å². The molecule has 1 aliphatic heterocycles. The summed E-state index contributed by atoms with van der Waals surface area (Å²) < 4.78 is 10.8. The fourth-order valence-electron chi connectivity index (χ4n) is 2.57. The lowest BCUT2D eigenvalue weighted by Gasteiger charge is -2.09. The second-order valence-corrected chi connectivity index (χ2v) is 4.91. The van der Waals surface area contributed by atoms with E-state index in [4.69, 9.17) is 9.47 Å². The smallest absolute Gasteiger partial charge is 0.196 e. The van der Waals surface area contributed by atoms with Crippen molar-refractivity contribution in [3.8, 4) is 11.5 Å². The van der Waals surface area contributed by atoms with Crippen molar-refractivity contribution >= 4 is 5.78 Å². The number of para-hydroxylation sites is 1. The molecular weight excluding hydrogens is 252 g/mol. The topological polar surface area (TPSA) is 35.5 Å². The van der Waals surface area contributed by atoms with Gasteiger partial charge in [0.15, 0.2) is 5.78 Å². The van der Waals surface area contributed by atoms with Gasteiger partial charge in [-0.1, -0.05) is 12.1 Å². The summed E-state index contributed by atoms with van der Waals surface area (Å²) in [6.07, 6.45) is 0.873. The lowest BCUT2D eigenvalue weighted by molar-refractivity contribution is 0.103. The van der Waals surface area contributed by atoms with Gasteiger partial charge in [0.05, 0.1) is 19.3 Å². The van der Waals surface area contributed by atoms with Crippen LogP contribution in [0.15, 0.2) is 36.4 Å². The van der Waals surface area contributed by atoms with Gasteiger partial charge in [-0.3, -0.25) is 4.79 Å². The minimum absolute atomic E-state index is 0.00509. The highest BCUT2D eigenvalue weighted by Gasteiger charge is 2.21. The first kappa shape index (κ1) is 12.7. The number of ketones is 1. The molecule has 3 rings (SSSR count). The zero-order chi connectivity index (χ0) is 14.1. The highest BCUT2D eigenvalue weighted by Crippen LogP contribution is 2.31. The Morgan fingerprint density at radius 3 is 2.85 bits per heavy atom. The highest BCUT2D eigenvalue weighted by molar-refractivity contribution is 6.11. The molecule has 0 aromatic heterocycles. The summed E-state index contributed by atoms with van der Waals surface area (Å²) in [6, 6.07) is 11.2. The number of benzene rings is 2. The second kappa shape index (κ2) is 5.00. The first-order valence-electron chi connectivity index (χ1n) is 6.64. The van der Waals surface area contributed by atoms with E-state index in [1.165, 1.54) is 0 Å². The Hall–Kier alpha value is -2.29. The SMILES string of the molecule is COc1ccc(C(=O)c2cccc3c2OCC3)cc1C. The molecule has 20 heavy (non-hydrogen) atoms. The number of carbonyl (C=O) groups excluding carboxylic acids is 1. The zero-order valence-electron chi connectivity index (χ0n) is 11.6. The van der Waals surface area contributed by atoms with Gasteiger partial charge in [0.25, 0.3) is 0 Å². The Bertz CT molecular complexity index is 674. The van der Waals surface area contributed by atoms with Crippen LogP contribution in [-0.2, 0) is 6.42 Å². The Kier molecular flexibility index (Phi) is 3.18. The van der Waals surface area contributed by atoms with E-state index in [0.29, 0.717) is 17.7 Å². The molecule has 0 spiro atoms. The molecule has 0 aliphatic carbocycles. The van der Waals surface area contributed by atoms with Gasteiger partial charge >= 0.3 is 0 Å². The van der Waals surface area contributed by atoms with E-state index in [1.807, 2.05) is 37.3 Å². The van der Waals surface area contributed by atoms with Crippen molar-refractivity contribution in [3.05, 3.63) is 58.7 Å². The quantitative estimate of drug-likeness (QED) is 0.802. The summed E-state index contributed by atoms with van der Waals surface area (Å²) in [7, 11) is 1.63. The van der Waals surface area contributed by atoms with E-state index in [0.717, 1.165) is 29.0 Å². The van der Waals surface area contributed by atoms with Gasteiger partial charge in [0.2, 0.25) is 0 Å². The van der Waals surface area contributed by atoms with Crippen molar-refractivity contribution in [2.24, 2.45) is 0 Å².